The van der Waals surface area contributed by atoms with Crippen LogP contribution in [0.5, 0.6) is 5.75 Å². The van der Waals surface area contributed by atoms with Crippen LogP contribution in [-0.2, 0) is 26.0 Å². The van der Waals surface area contributed by atoms with Gasteiger partial charge in [0.25, 0.3) is 10.0 Å². The lowest BCUT2D eigenvalue weighted by atomic mass is 10.1. The highest BCUT2D eigenvalue weighted by Crippen LogP contribution is 2.31. The fourth-order valence-corrected chi connectivity index (χ4v) is 6.66. The number of anilines is 1. The number of amides is 2. The molecule has 226 valence electrons. The molecule has 0 unspecified atom stereocenters. The molecule has 0 aliphatic carbocycles. The van der Waals surface area contributed by atoms with Gasteiger partial charge in [0, 0.05) is 12.1 Å². The molecule has 8 nitrogen and oxygen atoms in total. The molecule has 3 aromatic rings. The number of sulfonamides is 1. The summed E-state index contributed by atoms with van der Waals surface area (Å²) in [5.74, 6) is -0.275. The van der Waals surface area contributed by atoms with Crippen LogP contribution >= 0.6 is 15.9 Å². The van der Waals surface area contributed by atoms with Crippen molar-refractivity contribution >= 4 is 43.5 Å². The van der Waals surface area contributed by atoms with Gasteiger partial charge in [-0.2, -0.15) is 0 Å². The van der Waals surface area contributed by atoms with Crippen LogP contribution < -0.4 is 14.4 Å². The Labute approximate surface area is 258 Å². The third-order valence-electron chi connectivity index (χ3n) is 6.68. The first-order valence-corrected chi connectivity index (χ1v) is 16.1. The number of nitrogens with one attached hydrogen (secondary N) is 1. The van der Waals surface area contributed by atoms with Crippen molar-refractivity contribution in [2.75, 3.05) is 24.5 Å². The highest BCUT2D eigenvalue weighted by Gasteiger charge is 2.34. The molecule has 0 aliphatic heterocycles. The second kappa shape index (κ2) is 14.2. The van der Waals surface area contributed by atoms with Crippen LogP contribution in [0.25, 0.3) is 0 Å². The van der Waals surface area contributed by atoms with E-state index in [9.17, 15) is 18.0 Å². The summed E-state index contributed by atoms with van der Waals surface area (Å²) in [4.78, 5) is 29.0. The van der Waals surface area contributed by atoms with E-state index in [-0.39, 0.29) is 17.3 Å². The largest absolute Gasteiger partial charge is 0.496 e. The van der Waals surface area contributed by atoms with E-state index in [1.807, 2.05) is 65.0 Å². The maximum absolute atomic E-state index is 14.1. The smallest absolute Gasteiger partial charge is 0.264 e. The third-order valence-corrected chi connectivity index (χ3v) is 9.07. The first kappa shape index (κ1) is 33.1. The Bertz CT molecular complexity index is 1470. The SMILES string of the molecule is CC[C@@H](C(=O)NC(C)(C)C)N(CCc1ccccc1)C(=O)CN(c1ccc(C)cc1)S(=O)(=O)c1ccc(OC)c(Br)c1. The van der Waals surface area contributed by atoms with Crippen molar-refractivity contribution in [1.82, 2.24) is 10.2 Å². The Morgan fingerprint density at radius 1 is 1.00 bits per heavy atom. The molecule has 1 N–H and O–H groups in total. The monoisotopic (exact) mass is 657 g/mol. The number of methoxy groups -OCH3 is 1. The number of aryl methyl sites for hydroxylation is 1. The molecule has 0 aliphatic rings. The summed E-state index contributed by atoms with van der Waals surface area (Å²) in [6, 6.07) is 20.3. The first-order valence-electron chi connectivity index (χ1n) is 13.8. The van der Waals surface area contributed by atoms with E-state index in [4.69, 9.17) is 4.74 Å². The first-order chi connectivity index (χ1) is 19.8. The molecule has 1 atom stereocenters. The van der Waals surface area contributed by atoms with E-state index in [1.165, 1.54) is 24.1 Å². The Morgan fingerprint density at radius 3 is 2.19 bits per heavy atom. The molecule has 0 heterocycles. The van der Waals surface area contributed by atoms with Gasteiger partial charge in [0.05, 0.1) is 22.2 Å². The zero-order valence-corrected chi connectivity index (χ0v) is 27.5. The third kappa shape index (κ3) is 8.58. The molecule has 0 aromatic heterocycles. The number of benzene rings is 3. The number of carbonyl (C=O) groups is 2. The van der Waals surface area contributed by atoms with Crippen LogP contribution in [0.1, 0.15) is 45.2 Å². The van der Waals surface area contributed by atoms with E-state index < -0.39 is 34.1 Å². The fraction of sp³-hybridized carbons (Fsp3) is 0.375. The average Bonchev–Trinajstić information content (AvgIpc) is 2.93. The van der Waals surface area contributed by atoms with Gasteiger partial charge in [-0.15, -0.1) is 0 Å². The second-order valence-electron chi connectivity index (χ2n) is 11.1. The van der Waals surface area contributed by atoms with Crippen molar-refractivity contribution < 1.29 is 22.7 Å². The number of rotatable bonds is 12. The number of halogens is 1. The van der Waals surface area contributed by atoms with Crippen LogP contribution in [0.3, 0.4) is 0 Å². The standard InChI is InChI=1S/C32H40BrN3O5S/c1-7-28(31(38)34-32(3,4)5)35(20-19-24-11-9-8-10-12-24)30(37)22-36(25-15-13-23(2)14-16-25)42(39,40)26-17-18-29(41-6)27(33)21-26/h8-18,21,28H,7,19-20,22H2,1-6H3,(H,34,38)/t28-/m0/s1. The predicted molar refractivity (Wildman–Crippen MR) is 170 cm³/mol. The molecular weight excluding hydrogens is 618 g/mol. The summed E-state index contributed by atoms with van der Waals surface area (Å²) >= 11 is 3.37. The molecule has 3 aromatic carbocycles. The zero-order valence-electron chi connectivity index (χ0n) is 25.1. The lowest BCUT2D eigenvalue weighted by Crippen LogP contribution is -2.56. The Hall–Kier alpha value is -3.37. The number of ether oxygens (including phenoxy) is 1. The molecule has 2 amide bonds. The predicted octanol–water partition coefficient (Wildman–Crippen LogP) is 5.73. The molecule has 42 heavy (non-hydrogen) atoms. The van der Waals surface area contributed by atoms with E-state index >= 15 is 0 Å². The normalized spacial score (nSPS) is 12.4. The van der Waals surface area contributed by atoms with E-state index in [0.717, 1.165) is 15.4 Å². The van der Waals surface area contributed by atoms with Gasteiger partial charge in [0.1, 0.15) is 18.3 Å². The maximum atomic E-state index is 14.1. The fourth-order valence-electron chi connectivity index (χ4n) is 4.52. The molecule has 0 bridgehead atoms. The number of hydrogen-bond acceptors (Lipinski definition) is 5. The molecule has 0 spiro atoms. The van der Waals surface area contributed by atoms with Crippen LogP contribution in [0, 0.1) is 6.92 Å². The molecule has 0 fully saturated rings. The summed E-state index contributed by atoms with van der Waals surface area (Å²) in [6.07, 6.45) is 0.875. The van der Waals surface area contributed by atoms with Gasteiger partial charge in [-0.05, 0) is 92.4 Å². The summed E-state index contributed by atoms with van der Waals surface area (Å²) in [5, 5.41) is 2.99. The molecule has 0 saturated heterocycles. The number of nitrogens with zero attached hydrogens (tertiary/aromatic N) is 2. The lowest BCUT2D eigenvalue weighted by Gasteiger charge is -2.34. The summed E-state index contributed by atoms with van der Waals surface area (Å²) in [6.45, 7) is 9.15. The van der Waals surface area contributed by atoms with Crippen LogP contribution in [-0.4, -0.2) is 56.9 Å². The summed E-state index contributed by atoms with van der Waals surface area (Å²) in [5.41, 5.74) is 1.80. The Morgan fingerprint density at radius 2 is 1.64 bits per heavy atom. The van der Waals surface area contributed by atoms with Crippen LogP contribution in [0.15, 0.2) is 82.2 Å². The van der Waals surface area contributed by atoms with Gasteiger partial charge in [-0.1, -0.05) is 55.0 Å². The van der Waals surface area contributed by atoms with E-state index in [0.29, 0.717) is 28.8 Å². The molecule has 0 radical (unpaired) electrons. The van der Waals surface area contributed by atoms with Gasteiger partial charge >= 0.3 is 0 Å². The van der Waals surface area contributed by atoms with Gasteiger partial charge in [-0.3, -0.25) is 13.9 Å². The lowest BCUT2D eigenvalue weighted by molar-refractivity contribution is -0.140. The number of hydrogen-bond donors (Lipinski definition) is 1. The van der Waals surface area contributed by atoms with Crippen molar-refractivity contribution in [1.29, 1.82) is 0 Å². The van der Waals surface area contributed by atoms with Crippen molar-refractivity contribution in [2.24, 2.45) is 0 Å². The second-order valence-corrected chi connectivity index (χ2v) is 13.8. The van der Waals surface area contributed by atoms with Gasteiger partial charge < -0.3 is 15.0 Å². The van der Waals surface area contributed by atoms with Crippen molar-refractivity contribution in [3.63, 3.8) is 0 Å². The number of carbonyl (C=O) groups excluding carboxylic acids is 2. The highest BCUT2D eigenvalue weighted by atomic mass is 79.9. The minimum Gasteiger partial charge on any atom is -0.496 e. The zero-order chi connectivity index (χ0) is 31.1. The van der Waals surface area contributed by atoms with E-state index in [1.54, 1.807) is 30.3 Å². The Kier molecular flexibility index (Phi) is 11.2. The van der Waals surface area contributed by atoms with Gasteiger partial charge in [0.2, 0.25) is 11.8 Å². The molecule has 0 saturated carbocycles. The van der Waals surface area contributed by atoms with Crippen molar-refractivity contribution in [2.45, 2.75) is 63.9 Å². The average molecular weight is 659 g/mol. The van der Waals surface area contributed by atoms with Crippen molar-refractivity contribution in [3.8, 4) is 5.75 Å². The van der Waals surface area contributed by atoms with E-state index in [2.05, 4.69) is 21.2 Å². The van der Waals surface area contributed by atoms with Crippen LogP contribution in [0.4, 0.5) is 5.69 Å². The summed E-state index contributed by atoms with van der Waals surface area (Å²) in [7, 11) is -2.70. The maximum Gasteiger partial charge on any atom is 0.264 e. The van der Waals surface area contributed by atoms with Gasteiger partial charge in [0.15, 0.2) is 0 Å². The topological polar surface area (TPSA) is 96.0 Å². The minimum atomic E-state index is -4.19. The molecule has 3 rings (SSSR count). The summed E-state index contributed by atoms with van der Waals surface area (Å²) < 4.78 is 35.0. The van der Waals surface area contributed by atoms with Crippen molar-refractivity contribution in [3.05, 3.63) is 88.4 Å². The quantitative estimate of drug-likeness (QED) is 0.269. The Balaban J connectivity index is 2.04. The highest BCUT2D eigenvalue weighted by molar-refractivity contribution is 9.10. The molecular formula is C32H40BrN3O5S. The minimum absolute atomic E-state index is 0.00287. The molecule has 10 heteroatoms. The van der Waals surface area contributed by atoms with Gasteiger partial charge in [-0.25, -0.2) is 8.42 Å². The van der Waals surface area contributed by atoms with Crippen LogP contribution in [0.2, 0.25) is 0 Å².